The molecule has 0 N–H and O–H groups in total. The van der Waals surface area contributed by atoms with E-state index in [0.29, 0.717) is 0 Å². The van der Waals surface area contributed by atoms with Crippen molar-refractivity contribution in [3.63, 3.8) is 0 Å². The lowest BCUT2D eigenvalue weighted by molar-refractivity contribution is -0.541. The average molecular weight is 551 g/mol. The summed E-state index contributed by atoms with van der Waals surface area (Å²) in [5, 5.41) is 0. The molecule has 0 aromatic carbocycles. The maximum Gasteiger partial charge on any atom is 0.382 e. The Bertz CT molecular complexity index is 796. The van der Waals surface area contributed by atoms with E-state index in [1.54, 1.807) is 0 Å². The van der Waals surface area contributed by atoms with Gasteiger partial charge in [-0.1, -0.05) is 0 Å². The molecule has 0 amide bonds. The van der Waals surface area contributed by atoms with E-state index in [2.05, 4.69) is 0 Å². The van der Waals surface area contributed by atoms with Crippen LogP contribution in [0.4, 0.5) is 74.6 Å². The molecule has 0 bridgehead atoms. The molecule has 0 aliphatic heterocycles. The normalized spacial score (nSPS) is 44.1. The first kappa shape index (κ1) is 25.2. The highest BCUT2D eigenvalue weighted by Gasteiger charge is 3.15. The van der Waals surface area contributed by atoms with Gasteiger partial charge in [0.1, 0.15) is 0 Å². The predicted molar refractivity (Wildman–Crippen MR) is 60.1 cm³/mol. The lowest BCUT2D eigenvalue weighted by Gasteiger charge is -2.64. The first-order valence-corrected chi connectivity index (χ1v) is 7.40. The Morgan fingerprint density at radius 3 is 0.900 bits per heavy atom. The number of halogens is 18. The van der Waals surface area contributed by atoms with Gasteiger partial charge in [0.2, 0.25) is 4.69 Å². The maximum absolute atomic E-state index is 14.8. The van der Waals surface area contributed by atoms with Crippen LogP contribution >= 0.6 is 15.9 Å². The van der Waals surface area contributed by atoms with E-state index >= 15 is 0 Å². The molecule has 2 fully saturated rings. The van der Waals surface area contributed by atoms with Crippen molar-refractivity contribution in [2.75, 3.05) is 0 Å². The fourth-order valence-corrected chi connectivity index (χ4v) is 3.75. The highest BCUT2D eigenvalue weighted by Crippen LogP contribution is 2.81. The van der Waals surface area contributed by atoms with Crippen LogP contribution in [-0.2, 0) is 4.79 Å². The zero-order valence-corrected chi connectivity index (χ0v) is 14.3. The third-order valence-corrected chi connectivity index (χ3v) is 5.47. The van der Waals surface area contributed by atoms with Crippen LogP contribution in [0.5, 0.6) is 0 Å². The van der Waals surface area contributed by atoms with E-state index in [4.69, 9.17) is 0 Å². The third-order valence-electron chi connectivity index (χ3n) is 4.92. The molecule has 0 heterocycles. The van der Waals surface area contributed by atoms with Crippen molar-refractivity contribution < 1.29 is 79.4 Å². The fourth-order valence-electron chi connectivity index (χ4n) is 3.23. The van der Waals surface area contributed by atoms with Gasteiger partial charge in [0.05, 0.1) is 0 Å². The van der Waals surface area contributed by atoms with Crippen LogP contribution < -0.4 is 0 Å². The topological polar surface area (TPSA) is 17.1 Å². The standard InChI is InChI=1S/C11BrF17O/c12-1(30)2(13)3(14)4(15,7(20,21)9(24,25)5(2,16)17)8(22,23)11(28,29)10(26,27)6(3,18)19. The van der Waals surface area contributed by atoms with E-state index in [1.165, 1.54) is 0 Å². The summed E-state index contributed by atoms with van der Waals surface area (Å²) in [5.74, 6) is -57.7. The van der Waals surface area contributed by atoms with Crippen LogP contribution in [0.15, 0.2) is 0 Å². The summed E-state index contributed by atoms with van der Waals surface area (Å²) in [6.45, 7) is 0. The molecule has 176 valence electrons. The molecule has 2 saturated carbocycles. The summed E-state index contributed by atoms with van der Waals surface area (Å²) in [5.41, 5.74) is -24.6. The molecule has 2 aliphatic rings. The minimum atomic E-state index is -8.54. The first-order chi connectivity index (χ1) is 12.7. The van der Waals surface area contributed by atoms with Crippen molar-refractivity contribution in [1.82, 2.24) is 0 Å². The third kappa shape index (κ3) is 1.68. The maximum atomic E-state index is 14.8. The molecule has 0 spiro atoms. The largest absolute Gasteiger partial charge is 0.382 e. The summed E-state index contributed by atoms with van der Waals surface area (Å²) in [4.78, 5) is 11.0. The summed E-state index contributed by atoms with van der Waals surface area (Å²) >= 11 is 0.744. The van der Waals surface area contributed by atoms with Crippen LogP contribution in [0.2, 0.25) is 0 Å². The molecule has 0 radical (unpaired) electrons. The molecule has 0 saturated heterocycles. The molecular weight excluding hydrogens is 551 g/mol. The molecule has 0 aromatic rings. The smallest absolute Gasteiger partial charge is 0.283 e. The molecule has 2 rings (SSSR count). The molecular formula is C11BrF17O. The van der Waals surface area contributed by atoms with Crippen molar-refractivity contribution in [2.45, 2.75) is 58.5 Å². The second kappa shape index (κ2) is 5.29. The van der Waals surface area contributed by atoms with Gasteiger partial charge in [0.15, 0.2) is 0 Å². The van der Waals surface area contributed by atoms with Crippen molar-refractivity contribution in [2.24, 2.45) is 0 Å². The number of alkyl halides is 17. The van der Waals surface area contributed by atoms with Gasteiger partial charge in [-0.05, 0) is 15.9 Å². The van der Waals surface area contributed by atoms with Crippen LogP contribution in [-0.4, -0.2) is 63.2 Å². The van der Waals surface area contributed by atoms with Crippen molar-refractivity contribution in [3.05, 3.63) is 0 Å². The Kier molecular flexibility index (Phi) is 4.45. The van der Waals surface area contributed by atoms with Gasteiger partial charge < -0.3 is 0 Å². The zero-order chi connectivity index (χ0) is 24.6. The minimum Gasteiger partial charge on any atom is -0.283 e. The Hall–Kier alpha value is -1.04. The van der Waals surface area contributed by atoms with Gasteiger partial charge in [-0.2, -0.15) is 61.5 Å². The van der Waals surface area contributed by atoms with Crippen molar-refractivity contribution >= 4 is 20.6 Å². The van der Waals surface area contributed by atoms with E-state index in [1.807, 2.05) is 0 Å². The van der Waals surface area contributed by atoms with Gasteiger partial charge in [-0.15, -0.1) is 0 Å². The van der Waals surface area contributed by atoms with Crippen LogP contribution in [0.3, 0.4) is 0 Å². The fraction of sp³-hybridized carbons (Fsp3) is 0.909. The molecule has 0 aromatic heterocycles. The van der Waals surface area contributed by atoms with Crippen LogP contribution in [0, 0.1) is 0 Å². The van der Waals surface area contributed by atoms with E-state index in [-0.39, 0.29) is 0 Å². The van der Waals surface area contributed by atoms with Gasteiger partial charge in [0, 0.05) is 0 Å². The lowest BCUT2D eigenvalue weighted by Crippen LogP contribution is -2.99. The van der Waals surface area contributed by atoms with Crippen LogP contribution in [0.1, 0.15) is 0 Å². The molecule has 3 unspecified atom stereocenters. The minimum absolute atomic E-state index is 0.744. The van der Waals surface area contributed by atoms with Crippen molar-refractivity contribution in [1.29, 1.82) is 0 Å². The van der Waals surface area contributed by atoms with Gasteiger partial charge in [-0.3, -0.25) is 4.79 Å². The highest BCUT2D eigenvalue weighted by atomic mass is 79.9. The predicted octanol–water partition coefficient (Wildman–Crippen LogP) is 5.51. The lowest BCUT2D eigenvalue weighted by atomic mass is 9.51. The SMILES string of the molecule is O=C(Br)C1(F)C(F)(F)C(F)(F)C(F)(F)C2(F)C(F)(F)C(F)(F)C(F)(F)C(F)(F)C12F. The summed E-state index contributed by atoms with van der Waals surface area (Å²) in [6.07, 6.45) is 0. The first-order valence-electron chi connectivity index (χ1n) is 6.61. The van der Waals surface area contributed by atoms with Gasteiger partial charge in [0.25, 0.3) is 17.0 Å². The number of carbonyl (C=O) groups excluding carboxylic acids is 1. The monoisotopic (exact) mass is 550 g/mol. The van der Waals surface area contributed by atoms with Crippen LogP contribution in [0.25, 0.3) is 0 Å². The molecule has 3 atom stereocenters. The quantitative estimate of drug-likeness (QED) is 0.311. The zero-order valence-electron chi connectivity index (χ0n) is 12.7. The second-order valence-electron chi connectivity index (χ2n) is 6.27. The molecule has 30 heavy (non-hydrogen) atoms. The van der Waals surface area contributed by atoms with E-state index in [0.717, 1.165) is 15.9 Å². The summed E-state index contributed by atoms with van der Waals surface area (Å²) in [6, 6.07) is 0. The number of fused-ring (bicyclic) bond motifs is 1. The Morgan fingerprint density at radius 2 is 0.633 bits per heavy atom. The Balaban J connectivity index is 3.34. The number of carbonyl (C=O) groups is 1. The molecule has 2 aliphatic carbocycles. The summed E-state index contributed by atoms with van der Waals surface area (Å²) < 4.78 is 231. The highest BCUT2D eigenvalue weighted by molar-refractivity contribution is 9.18. The number of hydrogen-bond acceptors (Lipinski definition) is 1. The van der Waals surface area contributed by atoms with E-state index < -0.39 is 63.2 Å². The van der Waals surface area contributed by atoms with Gasteiger partial charge in [-0.25, -0.2) is 13.2 Å². The number of hydrogen-bond donors (Lipinski definition) is 0. The summed E-state index contributed by atoms with van der Waals surface area (Å²) in [7, 11) is 0. The second-order valence-corrected chi connectivity index (χ2v) is 6.99. The Morgan fingerprint density at radius 1 is 0.400 bits per heavy atom. The molecule has 19 heteroatoms. The van der Waals surface area contributed by atoms with E-state index in [9.17, 15) is 79.4 Å². The molecule has 1 nitrogen and oxygen atoms in total. The number of rotatable bonds is 1. The average Bonchev–Trinajstić information content (AvgIpc) is 2.55. The van der Waals surface area contributed by atoms with Gasteiger partial charge >= 0.3 is 41.5 Å². The Labute approximate surface area is 159 Å². The van der Waals surface area contributed by atoms with Crippen molar-refractivity contribution in [3.8, 4) is 0 Å².